The number of carbonyl (C=O) groups is 3. The maximum Gasteiger partial charge on any atom is 0.338 e. The Morgan fingerprint density at radius 1 is 1.15 bits per heavy atom. The van der Waals surface area contributed by atoms with Gasteiger partial charge in [-0.1, -0.05) is 47.5 Å². The van der Waals surface area contributed by atoms with Crippen molar-refractivity contribution in [2.24, 2.45) is 0 Å². The average molecular weight is 514 g/mol. The van der Waals surface area contributed by atoms with E-state index in [0.29, 0.717) is 29.1 Å². The highest BCUT2D eigenvalue weighted by molar-refractivity contribution is 9.10. The van der Waals surface area contributed by atoms with Crippen molar-refractivity contribution >= 4 is 39.5 Å². The number of nitrogens with one attached hydrogen (secondary N) is 2. The van der Waals surface area contributed by atoms with Gasteiger partial charge in [0.15, 0.2) is 0 Å². The predicted molar refractivity (Wildman–Crippen MR) is 131 cm³/mol. The zero-order valence-electron chi connectivity index (χ0n) is 19.0. The van der Waals surface area contributed by atoms with E-state index in [1.54, 1.807) is 61.2 Å². The lowest BCUT2D eigenvalue weighted by Crippen LogP contribution is -2.48. The fourth-order valence-electron chi connectivity index (χ4n) is 3.68. The Morgan fingerprint density at radius 3 is 2.52 bits per heavy atom. The zero-order chi connectivity index (χ0) is 24.0. The van der Waals surface area contributed by atoms with Gasteiger partial charge in [0.1, 0.15) is 0 Å². The lowest BCUT2D eigenvalue weighted by atomic mass is 9.94. The number of hydrogen-bond acceptors (Lipinski definition) is 4. The Labute approximate surface area is 202 Å². The smallest absolute Gasteiger partial charge is 0.338 e. The van der Waals surface area contributed by atoms with Crippen LogP contribution in [0, 0.1) is 0 Å². The second-order valence-corrected chi connectivity index (χ2v) is 8.61. The lowest BCUT2D eigenvalue weighted by molar-refractivity contribution is -0.139. The fraction of sp³-hybridized carbons (Fsp3) is 0.320. The summed E-state index contributed by atoms with van der Waals surface area (Å²) in [7, 11) is 0. The van der Waals surface area contributed by atoms with Crippen LogP contribution in [0.1, 0.15) is 55.6 Å². The molecular formula is C25H28BrN3O4. The van der Waals surface area contributed by atoms with Gasteiger partial charge in [0.25, 0.3) is 5.91 Å². The van der Waals surface area contributed by atoms with E-state index in [-0.39, 0.29) is 18.5 Å². The minimum atomic E-state index is -0.635. The van der Waals surface area contributed by atoms with E-state index in [1.807, 2.05) is 13.0 Å². The maximum atomic E-state index is 12.8. The van der Waals surface area contributed by atoms with Crippen LogP contribution >= 0.6 is 15.9 Å². The van der Waals surface area contributed by atoms with E-state index < -0.39 is 12.0 Å². The first kappa shape index (κ1) is 24.5. The number of hydrogen-bond donors (Lipinski definition) is 2. The number of halogens is 1. The molecule has 0 saturated heterocycles. The number of anilines is 1. The van der Waals surface area contributed by atoms with E-state index in [2.05, 4.69) is 26.6 Å². The monoisotopic (exact) mass is 513 g/mol. The molecule has 33 heavy (non-hydrogen) atoms. The third kappa shape index (κ3) is 5.82. The summed E-state index contributed by atoms with van der Waals surface area (Å²) in [6, 6.07) is 13.3. The van der Waals surface area contributed by atoms with Crippen molar-refractivity contribution in [1.82, 2.24) is 10.2 Å². The van der Waals surface area contributed by atoms with Gasteiger partial charge in [-0.25, -0.2) is 9.59 Å². The van der Waals surface area contributed by atoms with Crippen LogP contribution in [-0.4, -0.2) is 36.0 Å². The molecule has 2 aromatic rings. The van der Waals surface area contributed by atoms with Gasteiger partial charge in [-0.05, 0) is 56.2 Å². The van der Waals surface area contributed by atoms with Crippen molar-refractivity contribution in [3.8, 4) is 0 Å². The number of nitrogens with zero attached hydrogens (tertiary/aromatic N) is 1. The van der Waals surface area contributed by atoms with Crippen molar-refractivity contribution in [2.45, 2.75) is 39.7 Å². The molecule has 0 aliphatic carbocycles. The summed E-state index contributed by atoms with van der Waals surface area (Å²) in [5.41, 5.74) is 2.87. The van der Waals surface area contributed by atoms with Gasteiger partial charge >= 0.3 is 12.0 Å². The van der Waals surface area contributed by atoms with Gasteiger partial charge < -0.3 is 15.4 Å². The molecule has 0 aromatic heterocycles. The summed E-state index contributed by atoms with van der Waals surface area (Å²) in [6.07, 6.45) is 1.76. The van der Waals surface area contributed by atoms with E-state index in [1.165, 1.54) is 0 Å². The van der Waals surface area contributed by atoms with Crippen LogP contribution in [0.25, 0.3) is 0 Å². The molecule has 1 aliphatic rings. The molecule has 2 aromatic carbocycles. The third-order valence-electron chi connectivity index (χ3n) is 5.42. The molecule has 0 fully saturated rings. The summed E-state index contributed by atoms with van der Waals surface area (Å²) in [4.78, 5) is 39.7. The molecular weight excluding hydrogens is 486 g/mol. The van der Waals surface area contributed by atoms with Gasteiger partial charge in [-0.3, -0.25) is 9.69 Å². The van der Waals surface area contributed by atoms with E-state index in [0.717, 1.165) is 22.9 Å². The Balaban J connectivity index is 1.85. The largest absolute Gasteiger partial charge is 0.463 e. The number of amides is 3. The Bertz CT molecular complexity index is 1070. The summed E-state index contributed by atoms with van der Waals surface area (Å²) < 4.78 is 6.11. The highest BCUT2D eigenvalue weighted by Crippen LogP contribution is 2.32. The summed E-state index contributed by atoms with van der Waals surface area (Å²) >= 11 is 3.37. The van der Waals surface area contributed by atoms with Crippen molar-refractivity contribution in [2.75, 3.05) is 18.5 Å². The normalized spacial score (nSPS) is 15.8. The number of carbonyl (C=O) groups excluding carboxylic acids is 3. The minimum Gasteiger partial charge on any atom is -0.463 e. The molecule has 2 N–H and O–H groups in total. The quantitative estimate of drug-likeness (QED) is 0.462. The summed E-state index contributed by atoms with van der Waals surface area (Å²) in [5, 5.41) is 5.80. The van der Waals surface area contributed by atoms with Gasteiger partial charge in [0.05, 0.1) is 18.2 Å². The third-order valence-corrected chi connectivity index (χ3v) is 5.91. The van der Waals surface area contributed by atoms with E-state index >= 15 is 0 Å². The Kier molecular flexibility index (Phi) is 8.27. The number of benzene rings is 2. The lowest BCUT2D eigenvalue weighted by Gasteiger charge is -2.35. The van der Waals surface area contributed by atoms with Gasteiger partial charge in [0, 0.05) is 28.0 Å². The molecule has 1 aliphatic heterocycles. The van der Waals surface area contributed by atoms with Gasteiger partial charge in [0.2, 0.25) is 0 Å². The average Bonchev–Trinajstić information content (AvgIpc) is 2.79. The highest BCUT2D eigenvalue weighted by Gasteiger charge is 2.36. The van der Waals surface area contributed by atoms with Crippen LogP contribution in [0.15, 0.2) is 64.3 Å². The van der Waals surface area contributed by atoms with E-state index in [9.17, 15) is 14.4 Å². The number of rotatable bonds is 8. The molecule has 7 nitrogen and oxygen atoms in total. The molecule has 1 heterocycles. The SMILES string of the molecule is CCCCN1C(=O)NC(c2ccc(NC(=O)c3cccc(Br)c3)cc2)C(C(=O)OCC)=C1C. The predicted octanol–water partition coefficient (Wildman–Crippen LogP) is 5.40. The first-order valence-electron chi connectivity index (χ1n) is 11.0. The Morgan fingerprint density at radius 2 is 1.88 bits per heavy atom. The highest BCUT2D eigenvalue weighted by atomic mass is 79.9. The molecule has 1 atom stereocenters. The molecule has 0 bridgehead atoms. The zero-order valence-corrected chi connectivity index (χ0v) is 20.6. The second kappa shape index (κ2) is 11.1. The van der Waals surface area contributed by atoms with Gasteiger partial charge in [-0.2, -0.15) is 0 Å². The summed E-state index contributed by atoms with van der Waals surface area (Å²) in [5.74, 6) is -0.682. The number of ether oxygens (including phenoxy) is 1. The van der Waals surface area contributed by atoms with Crippen molar-refractivity contribution in [3.05, 3.63) is 75.4 Å². The topological polar surface area (TPSA) is 87.7 Å². The maximum absolute atomic E-state index is 12.8. The summed E-state index contributed by atoms with van der Waals surface area (Å²) in [6.45, 7) is 6.35. The molecule has 8 heteroatoms. The van der Waals surface area contributed by atoms with Crippen molar-refractivity contribution in [3.63, 3.8) is 0 Å². The second-order valence-electron chi connectivity index (χ2n) is 7.69. The van der Waals surface area contributed by atoms with Crippen LogP contribution in [0.5, 0.6) is 0 Å². The first-order valence-corrected chi connectivity index (χ1v) is 11.8. The fourth-order valence-corrected chi connectivity index (χ4v) is 4.08. The molecule has 3 rings (SSSR count). The molecule has 3 amide bonds. The minimum absolute atomic E-state index is 0.232. The first-order chi connectivity index (χ1) is 15.8. The van der Waals surface area contributed by atoms with Crippen LogP contribution < -0.4 is 10.6 Å². The van der Waals surface area contributed by atoms with E-state index in [4.69, 9.17) is 4.74 Å². The van der Waals surface area contributed by atoms with Crippen LogP contribution in [0.4, 0.5) is 10.5 Å². The Hall–Kier alpha value is -3.13. The molecule has 0 spiro atoms. The van der Waals surface area contributed by atoms with Crippen LogP contribution in [0.3, 0.4) is 0 Å². The van der Waals surface area contributed by atoms with Crippen molar-refractivity contribution < 1.29 is 19.1 Å². The van der Waals surface area contributed by atoms with Crippen LogP contribution in [-0.2, 0) is 9.53 Å². The number of urea groups is 1. The number of allylic oxidation sites excluding steroid dienone is 1. The molecule has 174 valence electrons. The molecule has 0 saturated carbocycles. The number of unbranched alkanes of at least 4 members (excludes halogenated alkanes) is 1. The molecule has 1 unspecified atom stereocenters. The molecule has 0 radical (unpaired) electrons. The number of esters is 1. The van der Waals surface area contributed by atoms with Crippen molar-refractivity contribution in [1.29, 1.82) is 0 Å². The van der Waals surface area contributed by atoms with Crippen LogP contribution in [0.2, 0.25) is 0 Å². The standard InChI is InChI=1S/C25H28BrN3O4/c1-4-6-14-29-16(3)21(24(31)33-5-2)22(28-25(29)32)17-10-12-20(13-11-17)27-23(30)18-8-7-9-19(26)15-18/h7-13,15,22H,4-6,14H2,1-3H3,(H,27,30)(H,28,32). The van der Waals surface area contributed by atoms with Gasteiger partial charge in [-0.15, -0.1) is 0 Å².